The van der Waals surface area contributed by atoms with Gasteiger partial charge in [-0.3, -0.25) is 0 Å². The van der Waals surface area contributed by atoms with Crippen LogP contribution in [-0.4, -0.2) is 21.2 Å². The Morgan fingerprint density at radius 2 is 2.20 bits per heavy atom. The van der Waals surface area contributed by atoms with Gasteiger partial charge < -0.3 is 5.32 Å². The predicted octanol–water partition coefficient (Wildman–Crippen LogP) is 1.27. The Morgan fingerprint density at radius 1 is 1.53 bits per heavy atom. The number of hydrogen-bond donors (Lipinski definition) is 1. The van der Waals surface area contributed by atoms with Crippen LogP contribution in [0.1, 0.15) is 0 Å². The van der Waals surface area contributed by atoms with E-state index in [1.165, 1.54) is 12.1 Å². The van der Waals surface area contributed by atoms with Crippen molar-refractivity contribution in [3.63, 3.8) is 0 Å². The lowest BCUT2D eigenvalue weighted by molar-refractivity contribution is 0.596. The molecule has 0 aliphatic carbocycles. The molecular formula is C10H10FNO2S. The van der Waals surface area contributed by atoms with Crippen molar-refractivity contribution in [3.8, 4) is 12.3 Å². The molecule has 0 unspecified atom stereocenters. The largest absolute Gasteiger partial charge is 0.372 e. The standard InChI is InChI=1S/C10H10FNO2S/c1-3-6-12-10-5-4-8(7-9(10)11)15(2,13)14/h1,4-5,7,12H,6H2,2H3. The SMILES string of the molecule is C#CCNc1ccc(S(C)(=O)=O)cc1F. The first-order chi connectivity index (χ1) is 6.95. The van der Waals surface area contributed by atoms with Crippen molar-refractivity contribution in [2.45, 2.75) is 4.90 Å². The Morgan fingerprint density at radius 3 is 2.67 bits per heavy atom. The Labute approximate surface area is 88.2 Å². The molecule has 0 fully saturated rings. The molecule has 1 aromatic carbocycles. The molecule has 0 atom stereocenters. The van der Waals surface area contributed by atoms with Crippen LogP contribution in [0.25, 0.3) is 0 Å². The average molecular weight is 227 g/mol. The molecule has 0 aliphatic rings. The fraction of sp³-hybridized carbons (Fsp3) is 0.200. The summed E-state index contributed by atoms with van der Waals surface area (Å²) in [4.78, 5) is -0.0498. The maximum Gasteiger partial charge on any atom is 0.175 e. The van der Waals surface area contributed by atoms with Crippen LogP contribution >= 0.6 is 0 Å². The second kappa shape index (κ2) is 4.32. The average Bonchev–Trinajstić information content (AvgIpc) is 2.14. The van der Waals surface area contributed by atoms with Gasteiger partial charge in [0, 0.05) is 6.26 Å². The van der Waals surface area contributed by atoms with Crippen molar-refractivity contribution >= 4 is 15.5 Å². The molecule has 0 amide bonds. The lowest BCUT2D eigenvalue weighted by atomic mass is 10.3. The zero-order valence-corrected chi connectivity index (χ0v) is 8.94. The van der Waals surface area contributed by atoms with Crippen molar-refractivity contribution in [2.24, 2.45) is 0 Å². The summed E-state index contributed by atoms with van der Waals surface area (Å²) in [6.45, 7) is 0.190. The summed E-state index contributed by atoms with van der Waals surface area (Å²) >= 11 is 0. The summed E-state index contributed by atoms with van der Waals surface area (Å²) < 4.78 is 35.5. The fourth-order valence-electron chi connectivity index (χ4n) is 1.02. The minimum Gasteiger partial charge on any atom is -0.372 e. The molecule has 5 heteroatoms. The number of benzene rings is 1. The van der Waals surface area contributed by atoms with Crippen LogP contribution in [0.3, 0.4) is 0 Å². The maximum absolute atomic E-state index is 13.3. The summed E-state index contributed by atoms with van der Waals surface area (Å²) in [5.41, 5.74) is 0.195. The van der Waals surface area contributed by atoms with Gasteiger partial charge in [0.2, 0.25) is 0 Å². The molecule has 0 aliphatic heterocycles. The zero-order valence-electron chi connectivity index (χ0n) is 8.12. The van der Waals surface area contributed by atoms with Gasteiger partial charge in [0.05, 0.1) is 17.1 Å². The van der Waals surface area contributed by atoms with Gasteiger partial charge in [-0.1, -0.05) is 5.92 Å². The van der Waals surface area contributed by atoms with E-state index in [0.717, 1.165) is 12.3 Å². The number of sulfone groups is 1. The first-order valence-electron chi connectivity index (χ1n) is 4.12. The molecule has 0 spiro atoms. The van der Waals surface area contributed by atoms with E-state index in [0.29, 0.717) is 0 Å². The van der Waals surface area contributed by atoms with Gasteiger partial charge in [-0.2, -0.15) is 0 Å². The third-order valence-electron chi connectivity index (χ3n) is 1.75. The molecule has 0 heterocycles. The van der Waals surface area contributed by atoms with Gasteiger partial charge in [-0.25, -0.2) is 12.8 Å². The molecule has 1 aromatic rings. The lowest BCUT2D eigenvalue weighted by Gasteiger charge is -2.05. The highest BCUT2D eigenvalue weighted by Gasteiger charge is 2.10. The minimum absolute atomic E-state index is 0.0498. The topological polar surface area (TPSA) is 46.2 Å². The molecule has 80 valence electrons. The smallest absolute Gasteiger partial charge is 0.175 e. The molecule has 0 aromatic heterocycles. The number of anilines is 1. The van der Waals surface area contributed by atoms with Crippen LogP contribution in [0.15, 0.2) is 23.1 Å². The molecule has 1 rings (SSSR count). The number of rotatable bonds is 3. The summed E-state index contributed by atoms with van der Waals surface area (Å²) in [5, 5.41) is 2.64. The second-order valence-electron chi connectivity index (χ2n) is 2.97. The van der Waals surface area contributed by atoms with Crippen LogP contribution in [0.5, 0.6) is 0 Å². The maximum atomic E-state index is 13.3. The van der Waals surface area contributed by atoms with Crippen molar-refractivity contribution in [1.82, 2.24) is 0 Å². The number of hydrogen-bond acceptors (Lipinski definition) is 3. The summed E-state index contributed by atoms with van der Waals surface area (Å²) in [7, 11) is -3.37. The fourth-order valence-corrected chi connectivity index (χ4v) is 1.65. The van der Waals surface area contributed by atoms with Crippen molar-refractivity contribution in [2.75, 3.05) is 18.1 Å². The highest BCUT2D eigenvalue weighted by atomic mass is 32.2. The van der Waals surface area contributed by atoms with E-state index in [1.54, 1.807) is 0 Å². The van der Waals surface area contributed by atoms with Gasteiger partial charge in [0.25, 0.3) is 0 Å². The molecular weight excluding hydrogens is 217 g/mol. The van der Waals surface area contributed by atoms with Gasteiger partial charge in [-0.15, -0.1) is 6.42 Å². The molecule has 3 nitrogen and oxygen atoms in total. The van der Waals surface area contributed by atoms with Gasteiger partial charge >= 0.3 is 0 Å². The third kappa shape index (κ3) is 2.96. The van der Waals surface area contributed by atoms with Crippen molar-refractivity contribution < 1.29 is 12.8 Å². The van der Waals surface area contributed by atoms with Crippen molar-refractivity contribution in [3.05, 3.63) is 24.0 Å². The number of halogens is 1. The van der Waals surface area contributed by atoms with Gasteiger partial charge in [0.1, 0.15) is 5.82 Å². The van der Waals surface area contributed by atoms with Crippen LogP contribution in [0, 0.1) is 18.2 Å². The van der Waals surface area contributed by atoms with Crippen LogP contribution in [0.4, 0.5) is 10.1 Å². The predicted molar refractivity (Wildman–Crippen MR) is 56.8 cm³/mol. The highest BCUT2D eigenvalue weighted by molar-refractivity contribution is 7.90. The van der Waals surface area contributed by atoms with E-state index in [-0.39, 0.29) is 17.1 Å². The Bertz CT molecular complexity index is 503. The number of terminal acetylenes is 1. The molecule has 0 radical (unpaired) electrons. The Kier molecular flexibility index (Phi) is 3.32. The summed E-state index contributed by atoms with van der Waals surface area (Å²) in [6, 6.07) is 3.65. The van der Waals surface area contributed by atoms with Crippen molar-refractivity contribution in [1.29, 1.82) is 0 Å². The quantitative estimate of drug-likeness (QED) is 0.791. The summed E-state index contributed by atoms with van der Waals surface area (Å²) in [5.74, 6) is 1.66. The minimum atomic E-state index is -3.37. The lowest BCUT2D eigenvalue weighted by Crippen LogP contribution is -2.03. The molecule has 0 saturated carbocycles. The van der Waals surface area contributed by atoms with E-state index in [4.69, 9.17) is 6.42 Å². The van der Waals surface area contributed by atoms with E-state index in [1.807, 2.05) is 0 Å². The normalized spacial score (nSPS) is 10.7. The summed E-state index contributed by atoms with van der Waals surface area (Å²) in [6.07, 6.45) is 6.02. The van der Waals surface area contributed by atoms with Gasteiger partial charge in [0.15, 0.2) is 9.84 Å². The molecule has 15 heavy (non-hydrogen) atoms. The Hall–Kier alpha value is -1.54. The number of nitrogens with one attached hydrogen (secondary N) is 1. The van der Waals surface area contributed by atoms with E-state index in [2.05, 4.69) is 11.2 Å². The Balaban J connectivity index is 3.05. The van der Waals surface area contributed by atoms with E-state index in [9.17, 15) is 12.8 Å². The van der Waals surface area contributed by atoms with Gasteiger partial charge in [-0.05, 0) is 18.2 Å². The zero-order chi connectivity index (χ0) is 11.5. The van der Waals surface area contributed by atoms with E-state index >= 15 is 0 Å². The monoisotopic (exact) mass is 227 g/mol. The molecule has 0 saturated heterocycles. The molecule has 0 bridgehead atoms. The van der Waals surface area contributed by atoms with Crippen LogP contribution < -0.4 is 5.32 Å². The first kappa shape index (κ1) is 11.5. The second-order valence-corrected chi connectivity index (χ2v) is 4.99. The first-order valence-corrected chi connectivity index (χ1v) is 6.01. The molecule has 1 N–H and O–H groups in total. The highest BCUT2D eigenvalue weighted by Crippen LogP contribution is 2.18. The van der Waals surface area contributed by atoms with Crippen LogP contribution in [0.2, 0.25) is 0 Å². The van der Waals surface area contributed by atoms with Crippen LogP contribution in [-0.2, 0) is 9.84 Å². The third-order valence-corrected chi connectivity index (χ3v) is 2.86. The van der Waals surface area contributed by atoms with E-state index < -0.39 is 15.7 Å².